The van der Waals surface area contributed by atoms with Crippen molar-refractivity contribution in [3.8, 4) is 0 Å². The first-order valence-electron chi connectivity index (χ1n) is 7.66. The highest BCUT2D eigenvalue weighted by Crippen LogP contribution is 2.65. The Morgan fingerprint density at radius 1 is 1.45 bits per heavy atom. The van der Waals surface area contributed by atoms with Gasteiger partial charge in [-0.1, -0.05) is 55.8 Å². The van der Waals surface area contributed by atoms with Crippen molar-refractivity contribution in [1.29, 1.82) is 0 Å². The predicted molar refractivity (Wildman–Crippen MR) is 89.9 cm³/mol. The van der Waals surface area contributed by atoms with Crippen LogP contribution in [0.1, 0.15) is 38.7 Å². The number of nitrogens with zero attached hydrogens (tertiary/aromatic N) is 1. The summed E-state index contributed by atoms with van der Waals surface area (Å²) in [6.45, 7) is 8.62. The van der Waals surface area contributed by atoms with E-state index in [1.165, 1.54) is 0 Å². The summed E-state index contributed by atoms with van der Waals surface area (Å²) in [5.74, 6) is 0.521. The Morgan fingerprint density at radius 3 is 2.82 bits per heavy atom. The zero-order valence-corrected chi connectivity index (χ0v) is 13.8. The van der Waals surface area contributed by atoms with E-state index in [9.17, 15) is 4.79 Å². The molecule has 0 unspecified atom stereocenters. The average molecular weight is 317 g/mol. The molecule has 1 aromatic carbocycles. The number of hydrogen-bond acceptors (Lipinski definition) is 2. The van der Waals surface area contributed by atoms with E-state index < -0.39 is 5.41 Å². The van der Waals surface area contributed by atoms with Crippen molar-refractivity contribution >= 4 is 23.7 Å². The van der Waals surface area contributed by atoms with Crippen molar-refractivity contribution in [2.45, 2.75) is 33.1 Å². The van der Waals surface area contributed by atoms with Crippen molar-refractivity contribution in [2.75, 3.05) is 0 Å². The number of nitrogens with one attached hydrogen (secondary N) is 1. The maximum absolute atomic E-state index is 12.7. The minimum Gasteiger partial charge on any atom is -0.272 e. The van der Waals surface area contributed by atoms with Gasteiger partial charge in [-0.25, -0.2) is 5.43 Å². The third-order valence-corrected chi connectivity index (χ3v) is 5.94. The lowest BCUT2D eigenvalue weighted by molar-refractivity contribution is -0.128. The van der Waals surface area contributed by atoms with Crippen LogP contribution in [0.2, 0.25) is 5.02 Å². The molecule has 2 fully saturated rings. The lowest BCUT2D eigenvalue weighted by Gasteiger charge is -2.36. The Bertz CT molecular complexity index is 665. The molecule has 22 heavy (non-hydrogen) atoms. The third-order valence-electron chi connectivity index (χ3n) is 5.60. The molecule has 116 valence electrons. The molecule has 1 N–H and O–H groups in total. The summed E-state index contributed by atoms with van der Waals surface area (Å²) < 4.78 is 0. The second-order valence-corrected chi connectivity index (χ2v) is 7.35. The summed E-state index contributed by atoms with van der Waals surface area (Å²) in [5.41, 5.74) is 4.15. The van der Waals surface area contributed by atoms with Crippen LogP contribution in [0, 0.1) is 16.7 Å². The molecule has 0 radical (unpaired) electrons. The first kappa shape index (κ1) is 15.3. The number of hydrogen-bond donors (Lipinski definition) is 1. The van der Waals surface area contributed by atoms with Crippen molar-refractivity contribution in [1.82, 2.24) is 5.43 Å². The number of benzene rings is 1. The summed E-state index contributed by atoms with van der Waals surface area (Å²) in [7, 11) is 0. The zero-order valence-electron chi connectivity index (χ0n) is 13.0. The predicted octanol–water partition coefficient (Wildman–Crippen LogP) is 4.17. The second-order valence-electron chi connectivity index (χ2n) is 6.94. The lowest BCUT2D eigenvalue weighted by Crippen LogP contribution is -2.39. The molecule has 1 amide bonds. The Balaban J connectivity index is 1.73. The number of carbonyl (C=O) groups excluding carboxylic acids is 1. The van der Waals surface area contributed by atoms with Gasteiger partial charge in [-0.05, 0) is 36.7 Å². The molecule has 2 saturated carbocycles. The fraction of sp³-hybridized carbons (Fsp3) is 0.444. The van der Waals surface area contributed by atoms with E-state index >= 15 is 0 Å². The minimum atomic E-state index is -0.439. The molecule has 4 heteroatoms. The van der Waals surface area contributed by atoms with Crippen LogP contribution >= 0.6 is 11.6 Å². The molecule has 0 spiro atoms. The van der Waals surface area contributed by atoms with Crippen LogP contribution in [0.3, 0.4) is 0 Å². The maximum Gasteiger partial charge on any atom is 0.250 e. The quantitative estimate of drug-likeness (QED) is 0.507. The molecule has 3 rings (SSSR count). The number of hydrazone groups is 1. The minimum absolute atomic E-state index is 0.0334. The number of carbonyl (C=O) groups is 1. The van der Waals surface area contributed by atoms with Crippen molar-refractivity contribution in [3.05, 3.63) is 47.0 Å². The number of rotatable bonds is 3. The first-order valence-corrected chi connectivity index (χ1v) is 8.03. The SMILES string of the molecule is C=C1C(C)(C)[C@H]2CC[C@@]1(C(=O)NN=Cc1ccccc1Cl)C2. The first-order chi connectivity index (χ1) is 10.4. The van der Waals surface area contributed by atoms with Crippen LogP contribution in [0.5, 0.6) is 0 Å². The summed E-state index contributed by atoms with van der Waals surface area (Å²) in [4.78, 5) is 12.7. The number of fused-ring (bicyclic) bond motifs is 2. The van der Waals surface area contributed by atoms with Crippen molar-refractivity contribution in [2.24, 2.45) is 21.8 Å². The van der Waals surface area contributed by atoms with Gasteiger partial charge in [0, 0.05) is 10.6 Å². The van der Waals surface area contributed by atoms with E-state index in [4.69, 9.17) is 11.6 Å². The number of halogens is 1. The van der Waals surface area contributed by atoms with Crippen LogP contribution in [0.25, 0.3) is 0 Å². The van der Waals surface area contributed by atoms with Gasteiger partial charge in [-0.15, -0.1) is 0 Å². The third kappa shape index (κ3) is 2.19. The highest BCUT2D eigenvalue weighted by atomic mass is 35.5. The van der Waals surface area contributed by atoms with Crippen LogP contribution in [0.15, 0.2) is 41.5 Å². The summed E-state index contributed by atoms with van der Waals surface area (Å²) >= 11 is 6.07. The van der Waals surface area contributed by atoms with Crippen LogP contribution in [-0.2, 0) is 4.79 Å². The Kier molecular flexibility index (Phi) is 3.64. The molecule has 2 aliphatic carbocycles. The van der Waals surface area contributed by atoms with Crippen molar-refractivity contribution < 1.29 is 4.79 Å². The van der Waals surface area contributed by atoms with Gasteiger partial charge in [-0.2, -0.15) is 5.10 Å². The molecule has 1 aromatic rings. The zero-order chi connectivity index (χ0) is 16.0. The van der Waals surface area contributed by atoms with Gasteiger partial charge < -0.3 is 0 Å². The molecule has 2 bridgehead atoms. The van der Waals surface area contributed by atoms with Gasteiger partial charge in [0.1, 0.15) is 0 Å². The highest BCUT2D eigenvalue weighted by Gasteiger charge is 2.60. The standard InChI is InChI=1S/C18H21ClN2O/c1-12-17(2,3)14-8-9-18(12,10-14)16(22)21-20-11-13-6-4-5-7-15(13)19/h4-7,11,14H,1,8-10H2,2-3H3,(H,21,22)/t14-,18+/m0/s1. The number of amides is 1. The van der Waals surface area contributed by atoms with Gasteiger partial charge in [-0.3, -0.25) is 4.79 Å². The molecule has 2 atom stereocenters. The fourth-order valence-corrected chi connectivity index (χ4v) is 4.17. The summed E-state index contributed by atoms with van der Waals surface area (Å²) in [6.07, 6.45) is 4.46. The molecular weight excluding hydrogens is 296 g/mol. The largest absolute Gasteiger partial charge is 0.272 e. The van der Waals surface area contributed by atoms with Gasteiger partial charge in [0.05, 0.1) is 11.6 Å². The Morgan fingerprint density at radius 2 is 2.18 bits per heavy atom. The molecule has 3 nitrogen and oxygen atoms in total. The van der Waals surface area contributed by atoms with E-state index in [0.717, 1.165) is 30.4 Å². The molecule has 0 heterocycles. The Hall–Kier alpha value is -1.61. The monoisotopic (exact) mass is 316 g/mol. The topological polar surface area (TPSA) is 41.5 Å². The second kappa shape index (κ2) is 5.24. The van der Waals surface area contributed by atoms with Gasteiger partial charge in [0.2, 0.25) is 5.91 Å². The van der Waals surface area contributed by atoms with E-state index in [-0.39, 0.29) is 11.3 Å². The van der Waals surface area contributed by atoms with Gasteiger partial charge in [0.25, 0.3) is 0 Å². The normalized spacial score (nSPS) is 29.2. The van der Waals surface area contributed by atoms with Crippen LogP contribution < -0.4 is 5.43 Å². The van der Waals surface area contributed by atoms with Gasteiger partial charge in [0.15, 0.2) is 0 Å². The van der Waals surface area contributed by atoms with E-state index in [1.807, 2.05) is 18.2 Å². The molecule has 0 saturated heterocycles. The Labute approximate surface area is 136 Å². The van der Waals surface area contributed by atoms with Crippen molar-refractivity contribution in [3.63, 3.8) is 0 Å². The molecule has 2 aliphatic rings. The lowest BCUT2D eigenvalue weighted by atomic mass is 9.68. The summed E-state index contributed by atoms with van der Waals surface area (Å²) in [5, 5.41) is 4.71. The van der Waals surface area contributed by atoms with Gasteiger partial charge >= 0.3 is 0 Å². The smallest absolute Gasteiger partial charge is 0.250 e. The molecular formula is C18H21ClN2O. The van der Waals surface area contributed by atoms with Crippen LogP contribution in [-0.4, -0.2) is 12.1 Å². The highest BCUT2D eigenvalue weighted by molar-refractivity contribution is 6.33. The molecule has 0 aromatic heterocycles. The molecule has 0 aliphatic heterocycles. The van der Waals surface area contributed by atoms with E-state index in [0.29, 0.717) is 10.9 Å². The van der Waals surface area contributed by atoms with E-state index in [2.05, 4.69) is 31.0 Å². The van der Waals surface area contributed by atoms with E-state index in [1.54, 1.807) is 12.3 Å². The fourth-order valence-electron chi connectivity index (χ4n) is 3.99. The maximum atomic E-state index is 12.7. The summed E-state index contributed by atoms with van der Waals surface area (Å²) in [6, 6.07) is 7.41. The average Bonchev–Trinajstić information content (AvgIpc) is 3.01. The van der Waals surface area contributed by atoms with Crippen LogP contribution in [0.4, 0.5) is 0 Å².